The van der Waals surface area contributed by atoms with Gasteiger partial charge < -0.3 is 0 Å². The van der Waals surface area contributed by atoms with Crippen molar-refractivity contribution < 1.29 is 0 Å². The highest BCUT2D eigenvalue weighted by molar-refractivity contribution is 6.33. The van der Waals surface area contributed by atoms with Crippen molar-refractivity contribution in [2.45, 2.75) is 33.1 Å². The van der Waals surface area contributed by atoms with Crippen LogP contribution in [0.25, 0.3) is 22.3 Å². The first-order valence-electron chi connectivity index (χ1n) is 8.03. The molecule has 122 valence electrons. The first-order chi connectivity index (χ1) is 11.3. The van der Waals surface area contributed by atoms with Crippen LogP contribution in [-0.4, -0.2) is 9.97 Å². The highest BCUT2D eigenvalue weighted by Crippen LogP contribution is 2.32. The molecule has 0 amide bonds. The summed E-state index contributed by atoms with van der Waals surface area (Å²) in [5.41, 5.74) is 6.44. The zero-order chi connectivity index (χ0) is 17.3. The average Bonchev–Trinajstić information content (AvgIpc) is 2.54. The lowest BCUT2D eigenvalue weighted by Gasteiger charge is -2.18. The molecule has 0 atom stereocenters. The molecule has 0 radical (unpaired) electrons. The van der Waals surface area contributed by atoms with Crippen LogP contribution in [0.4, 0.5) is 0 Å². The fourth-order valence-electron chi connectivity index (χ4n) is 2.62. The van der Waals surface area contributed by atoms with Gasteiger partial charge in [-0.25, -0.2) is 0 Å². The van der Waals surface area contributed by atoms with E-state index < -0.39 is 0 Å². The largest absolute Gasteiger partial charge is 0.263 e. The van der Waals surface area contributed by atoms with Crippen LogP contribution < -0.4 is 0 Å². The maximum atomic E-state index is 6.41. The summed E-state index contributed by atoms with van der Waals surface area (Å²) in [7, 11) is 0. The first kappa shape index (κ1) is 16.7. The van der Waals surface area contributed by atoms with Gasteiger partial charge in [-0.05, 0) is 42.3 Å². The van der Waals surface area contributed by atoms with Crippen molar-refractivity contribution in [1.29, 1.82) is 0 Å². The van der Waals surface area contributed by atoms with Crippen LogP contribution in [0.5, 0.6) is 0 Å². The Morgan fingerprint density at radius 3 is 2.33 bits per heavy atom. The summed E-state index contributed by atoms with van der Waals surface area (Å²) in [5, 5.41) is 0.749. The van der Waals surface area contributed by atoms with Crippen molar-refractivity contribution in [1.82, 2.24) is 9.97 Å². The molecule has 0 unspecified atom stereocenters. The molecule has 1 aromatic carbocycles. The van der Waals surface area contributed by atoms with Gasteiger partial charge in [0.2, 0.25) is 0 Å². The molecule has 0 N–H and O–H groups in total. The van der Waals surface area contributed by atoms with Crippen LogP contribution in [0, 0.1) is 6.92 Å². The predicted molar refractivity (Wildman–Crippen MR) is 101 cm³/mol. The van der Waals surface area contributed by atoms with Crippen molar-refractivity contribution in [3.05, 3.63) is 71.3 Å². The second-order valence-electron chi connectivity index (χ2n) is 7.13. The number of pyridine rings is 2. The van der Waals surface area contributed by atoms with Gasteiger partial charge in [0.1, 0.15) is 0 Å². The van der Waals surface area contributed by atoms with E-state index in [0.717, 1.165) is 38.5 Å². The zero-order valence-corrected chi connectivity index (χ0v) is 15.2. The minimum Gasteiger partial charge on any atom is -0.263 e. The molecule has 2 aromatic heterocycles. The van der Waals surface area contributed by atoms with Gasteiger partial charge in [0.15, 0.2) is 0 Å². The van der Waals surface area contributed by atoms with Gasteiger partial charge in [-0.3, -0.25) is 9.97 Å². The number of hydrogen-bond donors (Lipinski definition) is 0. The van der Waals surface area contributed by atoms with Crippen molar-refractivity contribution >= 4 is 11.6 Å². The van der Waals surface area contributed by atoms with Crippen molar-refractivity contribution in [3.63, 3.8) is 0 Å². The van der Waals surface area contributed by atoms with Gasteiger partial charge in [-0.15, -0.1) is 0 Å². The van der Waals surface area contributed by atoms with Crippen LogP contribution >= 0.6 is 11.6 Å². The summed E-state index contributed by atoms with van der Waals surface area (Å²) in [6.07, 6.45) is 5.60. The Bertz CT molecular complexity index is 879. The molecule has 2 nitrogen and oxygen atoms in total. The molecule has 0 fully saturated rings. The summed E-state index contributed by atoms with van der Waals surface area (Å²) in [5.74, 6) is 0. The quantitative estimate of drug-likeness (QED) is 0.567. The van der Waals surface area contributed by atoms with Crippen LogP contribution in [0.3, 0.4) is 0 Å². The van der Waals surface area contributed by atoms with Crippen LogP contribution in [-0.2, 0) is 5.41 Å². The summed E-state index contributed by atoms with van der Waals surface area (Å²) in [6.45, 7) is 8.54. The van der Waals surface area contributed by atoms with E-state index in [2.05, 4.69) is 48.9 Å². The molecule has 0 saturated heterocycles. The van der Waals surface area contributed by atoms with Crippen molar-refractivity contribution in [2.75, 3.05) is 0 Å². The van der Waals surface area contributed by atoms with E-state index in [-0.39, 0.29) is 5.41 Å². The van der Waals surface area contributed by atoms with E-state index in [0.29, 0.717) is 0 Å². The van der Waals surface area contributed by atoms with Crippen molar-refractivity contribution in [3.8, 4) is 22.3 Å². The molecule has 0 saturated carbocycles. The molecule has 0 spiro atoms. The molecular weight excluding hydrogens is 316 g/mol. The van der Waals surface area contributed by atoms with Gasteiger partial charge in [-0.1, -0.05) is 44.5 Å². The molecule has 24 heavy (non-hydrogen) atoms. The monoisotopic (exact) mass is 336 g/mol. The standard InChI is InChI=1S/C21H21ClN2/c1-14-5-6-18(19(22)9-14)17-10-16(12-23-13-17)15-7-8-24-20(11-15)21(2,3)4/h5-13H,1-4H3. The molecule has 2 heterocycles. The van der Waals surface area contributed by atoms with Gasteiger partial charge in [0, 0.05) is 51.4 Å². The molecule has 3 rings (SSSR count). The van der Waals surface area contributed by atoms with Gasteiger partial charge in [0.25, 0.3) is 0 Å². The third-order valence-corrected chi connectivity index (χ3v) is 4.35. The SMILES string of the molecule is Cc1ccc(-c2cncc(-c3ccnc(C(C)(C)C)c3)c2)c(Cl)c1. The van der Waals surface area contributed by atoms with Gasteiger partial charge in [0.05, 0.1) is 0 Å². The van der Waals surface area contributed by atoms with E-state index >= 15 is 0 Å². The summed E-state index contributed by atoms with van der Waals surface area (Å²) in [4.78, 5) is 8.91. The number of benzene rings is 1. The Morgan fingerprint density at radius 2 is 1.62 bits per heavy atom. The number of aryl methyl sites for hydroxylation is 1. The van der Waals surface area contributed by atoms with E-state index in [4.69, 9.17) is 11.6 Å². The van der Waals surface area contributed by atoms with E-state index in [1.54, 1.807) is 0 Å². The van der Waals surface area contributed by atoms with Crippen molar-refractivity contribution in [2.24, 2.45) is 0 Å². The second-order valence-corrected chi connectivity index (χ2v) is 7.53. The maximum Gasteiger partial charge on any atom is 0.0487 e. The van der Waals surface area contributed by atoms with Crippen LogP contribution in [0.2, 0.25) is 5.02 Å². The Labute approximate surface area is 148 Å². The second kappa shape index (κ2) is 6.37. The van der Waals surface area contributed by atoms with E-state index in [1.165, 1.54) is 0 Å². The minimum atomic E-state index is 0.0152. The fourth-order valence-corrected chi connectivity index (χ4v) is 2.96. The number of halogens is 1. The number of aromatic nitrogens is 2. The first-order valence-corrected chi connectivity index (χ1v) is 8.41. The maximum absolute atomic E-state index is 6.41. The topological polar surface area (TPSA) is 25.8 Å². The van der Waals surface area contributed by atoms with Crippen LogP contribution in [0.15, 0.2) is 55.0 Å². The molecule has 0 aliphatic carbocycles. The molecule has 3 heteroatoms. The third kappa shape index (κ3) is 3.49. The molecule has 0 aliphatic rings. The molecule has 3 aromatic rings. The summed E-state index contributed by atoms with van der Waals surface area (Å²) < 4.78 is 0. The lowest BCUT2D eigenvalue weighted by molar-refractivity contribution is 0.569. The normalized spacial score (nSPS) is 11.5. The van der Waals surface area contributed by atoms with E-state index in [1.807, 2.05) is 43.7 Å². The zero-order valence-electron chi connectivity index (χ0n) is 14.5. The number of nitrogens with zero attached hydrogens (tertiary/aromatic N) is 2. The Kier molecular flexibility index (Phi) is 4.42. The summed E-state index contributed by atoms with van der Waals surface area (Å²) >= 11 is 6.41. The Balaban J connectivity index is 2.05. The van der Waals surface area contributed by atoms with Crippen LogP contribution in [0.1, 0.15) is 32.0 Å². The molecule has 0 aliphatic heterocycles. The fraction of sp³-hybridized carbons (Fsp3) is 0.238. The lowest BCUT2D eigenvalue weighted by atomic mass is 9.90. The Morgan fingerprint density at radius 1 is 0.875 bits per heavy atom. The van der Waals surface area contributed by atoms with Gasteiger partial charge >= 0.3 is 0 Å². The summed E-state index contributed by atoms with van der Waals surface area (Å²) in [6, 6.07) is 12.4. The third-order valence-electron chi connectivity index (χ3n) is 4.04. The minimum absolute atomic E-state index is 0.0152. The number of hydrogen-bond acceptors (Lipinski definition) is 2. The van der Waals surface area contributed by atoms with E-state index in [9.17, 15) is 0 Å². The molecule has 0 bridgehead atoms. The highest BCUT2D eigenvalue weighted by atomic mass is 35.5. The smallest absolute Gasteiger partial charge is 0.0487 e. The average molecular weight is 337 g/mol. The highest BCUT2D eigenvalue weighted by Gasteiger charge is 2.16. The molecular formula is C21H21ClN2. The predicted octanol–water partition coefficient (Wildman–Crippen LogP) is 6.07. The lowest BCUT2D eigenvalue weighted by Crippen LogP contribution is -2.13. The Hall–Kier alpha value is -2.19. The number of rotatable bonds is 2. The van der Waals surface area contributed by atoms with Gasteiger partial charge in [-0.2, -0.15) is 0 Å².